The van der Waals surface area contributed by atoms with E-state index in [1.165, 1.54) is 12.1 Å². The van der Waals surface area contributed by atoms with Crippen LogP contribution in [0.15, 0.2) is 24.3 Å². The van der Waals surface area contributed by atoms with Crippen LogP contribution in [-0.4, -0.2) is 24.5 Å². The number of alkyl halides is 3. The minimum atomic E-state index is -4.65. The zero-order chi connectivity index (χ0) is 19.7. The van der Waals surface area contributed by atoms with Crippen LogP contribution in [0.25, 0.3) is 0 Å². The summed E-state index contributed by atoms with van der Waals surface area (Å²) in [6.45, 7) is 5.68. The molecule has 1 rings (SSSR count). The summed E-state index contributed by atoms with van der Waals surface area (Å²) in [5, 5.41) is 2.38. The Kier molecular flexibility index (Phi) is 8.61. The molecule has 4 nitrogen and oxygen atoms in total. The van der Waals surface area contributed by atoms with Crippen LogP contribution in [0.4, 0.5) is 13.2 Å². The lowest BCUT2D eigenvalue weighted by molar-refractivity contribution is -0.147. The summed E-state index contributed by atoms with van der Waals surface area (Å²) >= 11 is 0. The van der Waals surface area contributed by atoms with Gasteiger partial charge in [0.2, 0.25) is 0 Å². The molecule has 0 aromatic heterocycles. The number of unbranched alkanes of at least 4 members (excludes halogenated alkanes) is 3. The molecule has 146 valence electrons. The molecule has 0 bridgehead atoms. The molecular weight excluding hydrogens is 347 g/mol. The maximum Gasteiger partial charge on any atom is 0.417 e. The van der Waals surface area contributed by atoms with Gasteiger partial charge in [0, 0.05) is 0 Å². The maximum absolute atomic E-state index is 13.1. The number of hydrogen-bond donors (Lipinski definition) is 1. The zero-order valence-electron chi connectivity index (χ0n) is 15.4. The summed E-state index contributed by atoms with van der Waals surface area (Å²) in [5.74, 6) is -1.89. The SMILES string of the molecule is CCCCCCOC(=O)C(NC(=O)c1ccccc1C(F)(F)F)C(C)C. The normalized spacial score (nSPS) is 12.7. The van der Waals surface area contributed by atoms with Gasteiger partial charge in [0.05, 0.1) is 17.7 Å². The number of carbonyl (C=O) groups excluding carboxylic acids is 2. The molecule has 1 atom stereocenters. The summed E-state index contributed by atoms with van der Waals surface area (Å²) < 4.78 is 44.4. The third-order valence-electron chi connectivity index (χ3n) is 3.93. The molecule has 0 fully saturated rings. The molecular formula is C19H26F3NO3. The Labute approximate surface area is 152 Å². The lowest BCUT2D eigenvalue weighted by atomic mass is 10.0. The third kappa shape index (κ3) is 6.69. The van der Waals surface area contributed by atoms with Crippen molar-refractivity contribution < 1.29 is 27.5 Å². The van der Waals surface area contributed by atoms with Gasteiger partial charge < -0.3 is 10.1 Å². The molecule has 0 saturated carbocycles. The highest BCUT2D eigenvalue weighted by Gasteiger charge is 2.36. The average molecular weight is 373 g/mol. The number of rotatable bonds is 9. The highest BCUT2D eigenvalue weighted by Crippen LogP contribution is 2.31. The zero-order valence-corrected chi connectivity index (χ0v) is 15.4. The summed E-state index contributed by atoms with van der Waals surface area (Å²) in [6, 6.07) is 3.48. The van der Waals surface area contributed by atoms with Crippen LogP contribution in [0.2, 0.25) is 0 Å². The minimum Gasteiger partial charge on any atom is -0.464 e. The number of esters is 1. The first-order valence-corrected chi connectivity index (χ1v) is 8.82. The van der Waals surface area contributed by atoms with Gasteiger partial charge in [-0.15, -0.1) is 0 Å². The molecule has 0 saturated heterocycles. The molecule has 0 spiro atoms. The van der Waals surface area contributed by atoms with Crippen molar-refractivity contribution in [3.8, 4) is 0 Å². The smallest absolute Gasteiger partial charge is 0.417 e. The number of ether oxygens (including phenoxy) is 1. The van der Waals surface area contributed by atoms with E-state index in [0.29, 0.717) is 0 Å². The largest absolute Gasteiger partial charge is 0.464 e. The molecule has 7 heteroatoms. The van der Waals surface area contributed by atoms with Crippen molar-refractivity contribution in [3.05, 3.63) is 35.4 Å². The Hall–Kier alpha value is -2.05. The molecule has 1 aromatic rings. The molecule has 0 radical (unpaired) electrons. The first-order chi connectivity index (χ1) is 12.2. The fourth-order valence-corrected chi connectivity index (χ4v) is 2.44. The van der Waals surface area contributed by atoms with Crippen molar-refractivity contribution in [2.75, 3.05) is 6.61 Å². The van der Waals surface area contributed by atoms with Gasteiger partial charge in [0.15, 0.2) is 0 Å². The fraction of sp³-hybridized carbons (Fsp3) is 0.579. The van der Waals surface area contributed by atoms with Crippen LogP contribution in [0, 0.1) is 5.92 Å². The van der Waals surface area contributed by atoms with Crippen molar-refractivity contribution in [1.82, 2.24) is 5.32 Å². The van der Waals surface area contributed by atoms with E-state index >= 15 is 0 Å². The number of carbonyl (C=O) groups is 2. The van der Waals surface area contributed by atoms with Crippen molar-refractivity contribution in [2.45, 2.75) is 58.7 Å². The summed E-state index contributed by atoms with van der Waals surface area (Å²) in [4.78, 5) is 24.5. The van der Waals surface area contributed by atoms with E-state index in [1.54, 1.807) is 13.8 Å². The van der Waals surface area contributed by atoms with E-state index in [4.69, 9.17) is 4.74 Å². The van der Waals surface area contributed by atoms with E-state index in [1.807, 2.05) is 0 Å². The number of hydrogen-bond acceptors (Lipinski definition) is 3. The second-order valence-electron chi connectivity index (χ2n) is 6.47. The van der Waals surface area contributed by atoms with E-state index in [9.17, 15) is 22.8 Å². The van der Waals surface area contributed by atoms with Crippen LogP contribution in [0.5, 0.6) is 0 Å². The monoisotopic (exact) mass is 373 g/mol. The molecule has 1 unspecified atom stereocenters. The van der Waals surface area contributed by atoms with Crippen LogP contribution in [0.3, 0.4) is 0 Å². The standard InChI is InChI=1S/C19H26F3NO3/c1-4-5-6-9-12-26-18(25)16(13(2)3)23-17(24)14-10-7-8-11-15(14)19(20,21)22/h7-8,10-11,13,16H,4-6,9,12H2,1-3H3,(H,23,24). The first-order valence-electron chi connectivity index (χ1n) is 8.82. The Bertz CT molecular complexity index is 600. The third-order valence-corrected chi connectivity index (χ3v) is 3.93. The summed E-state index contributed by atoms with van der Waals surface area (Å²) in [7, 11) is 0. The number of amides is 1. The lowest BCUT2D eigenvalue weighted by Crippen LogP contribution is -2.45. The summed E-state index contributed by atoms with van der Waals surface area (Å²) in [6.07, 6.45) is -0.912. The van der Waals surface area contributed by atoms with Gasteiger partial charge in [-0.2, -0.15) is 13.2 Å². The minimum absolute atomic E-state index is 0.233. The molecule has 0 aliphatic rings. The lowest BCUT2D eigenvalue weighted by Gasteiger charge is -2.22. The molecule has 0 aliphatic carbocycles. The average Bonchev–Trinajstić information content (AvgIpc) is 2.58. The highest BCUT2D eigenvalue weighted by molar-refractivity contribution is 5.98. The number of benzene rings is 1. The van der Waals surface area contributed by atoms with Gasteiger partial charge >= 0.3 is 12.1 Å². The van der Waals surface area contributed by atoms with Crippen molar-refractivity contribution >= 4 is 11.9 Å². The molecule has 0 aliphatic heterocycles. The summed E-state index contributed by atoms with van der Waals surface area (Å²) in [5.41, 5.74) is -1.55. The molecule has 1 aromatic carbocycles. The molecule has 1 N–H and O–H groups in total. The maximum atomic E-state index is 13.1. The van der Waals surface area contributed by atoms with Gasteiger partial charge in [-0.1, -0.05) is 52.2 Å². The van der Waals surface area contributed by atoms with Gasteiger partial charge in [-0.3, -0.25) is 4.79 Å². The Balaban J connectivity index is 2.79. The Morgan fingerprint density at radius 1 is 1.12 bits per heavy atom. The van der Waals surface area contributed by atoms with Crippen molar-refractivity contribution in [2.24, 2.45) is 5.92 Å². The number of halogens is 3. The van der Waals surface area contributed by atoms with Crippen molar-refractivity contribution in [1.29, 1.82) is 0 Å². The van der Waals surface area contributed by atoms with E-state index < -0.39 is 35.2 Å². The van der Waals surface area contributed by atoms with Gasteiger partial charge in [-0.25, -0.2) is 4.79 Å². The van der Waals surface area contributed by atoms with Crippen LogP contribution in [0.1, 0.15) is 62.4 Å². The highest BCUT2D eigenvalue weighted by atomic mass is 19.4. The van der Waals surface area contributed by atoms with E-state index in [0.717, 1.165) is 37.8 Å². The predicted molar refractivity (Wildman–Crippen MR) is 92.6 cm³/mol. The quantitative estimate of drug-likeness (QED) is 0.509. The van der Waals surface area contributed by atoms with Gasteiger partial charge in [-0.05, 0) is 24.5 Å². The Morgan fingerprint density at radius 3 is 2.35 bits per heavy atom. The second-order valence-corrected chi connectivity index (χ2v) is 6.47. The molecule has 0 heterocycles. The topological polar surface area (TPSA) is 55.4 Å². The molecule has 26 heavy (non-hydrogen) atoms. The van der Waals surface area contributed by atoms with Gasteiger partial charge in [0.1, 0.15) is 6.04 Å². The Morgan fingerprint density at radius 2 is 1.77 bits per heavy atom. The fourth-order valence-electron chi connectivity index (χ4n) is 2.44. The van der Waals surface area contributed by atoms with Crippen LogP contribution >= 0.6 is 0 Å². The van der Waals surface area contributed by atoms with Crippen LogP contribution in [-0.2, 0) is 15.7 Å². The van der Waals surface area contributed by atoms with Crippen LogP contribution < -0.4 is 5.32 Å². The van der Waals surface area contributed by atoms with Gasteiger partial charge in [0.25, 0.3) is 5.91 Å². The molecule has 1 amide bonds. The number of nitrogens with one attached hydrogen (secondary N) is 1. The van der Waals surface area contributed by atoms with E-state index in [2.05, 4.69) is 12.2 Å². The van der Waals surface area contributed by atoms with Crippen molar-refractivity contribution in [3.63, 3.8) is 0 Å². The predicted octanol–water partition coefficient (Wildman–Crippen LogP) is 4.58. The second kappa shape index (κ2) is 10.2. The van der Waals surface area contributed by atoms with E-state index in [-0.39, 0.29) is 12.5 Å². The first kappa shape index (κ1) is 22.0.